The molecule has 112 valence electrons. The van der Waals surface area contributed by atoms with Gasteiger partial charge in [0.05, 0.1) is 23.9 Å². The van der Waals surface area contributed by atoms with Gasteiger partial charge < -0.3 is 4.74 Å². The number of rotatable bonds is 4. The first-order valence-corrected chi connectivity index (χ1v) is 8.42. The molecule has 0 unspecified atom stereocenters. The zero-order valence-electron chi connectivity index (χ0n) is 12.1. The lowest BCUT2D eigenvalue weighted by atomic mass is 10.0. The molecule has 0 saturated heterocycles. The van der Waals surface area contributed by atoms with Crippen molar-refractivity contribution in [3.8, 4) is 0 Å². The van der Waals surface area contributed by atoms with Crippen molar-refractivity contribution >= 4 is 40.0 Å². The van der Waals surface area contributed by atoms with E-state index in [2.05, 4.69) is 15.2 Å². The quantitative estimate of drug-likeness (QED) is 0.539. The number of hydrogen-bond acceptors (Lipinski definition) is 7. The van der Waals surface area contributed by atoms with Crippen LogP contribution in [0, 0.1) is 6.92 Å². The maximum Gasteiger partial charge on any atom is 0.340 e. The summed E-state index contributed by atoms with van der Waals surface area (Å²) >= 11 is 2.98. The van der Waals surface area contributed by atoms with Gasteiger partial charge in [-0.1, -0.05) is 41.3 Å². The SMILES string of the molecule is COC(=O)c1c(CSc2nncs2)nc2ccccc2c1C. The van der Waals surface area contributed by atoms with Gasteiger partial charge in [-0.2, -0.15) is 0 Å². The molecule has 3 rings (SSSR count). The van der Waals surface area contributed by atoms with E-state index in [1.807, 2.05) is 31.2 Å². The van der Waals surface area contributed by atoms with Crippen LogP contribution in [-0.4, -0.2) is 28.3 Å². The molecule has 0 aliphatic heterocycles. The van der Waals surface area contributed by atoms with E-state index in [9.17, 15) is 4.79 Å². The summed E-state index contributed by atoms with van der Waals surface area (Å²) in [4.78, 5) is 16.8. The highest BCUT2D eigenvalue weighted by molar-refractivity contribution is 8.00. The average molecular weight is 331 g/mol. The van der Waals surface area contributed by atoms with E-state index < -0.39 is 0 Å². The first-order valence-electron chi connectivity index (χ1n) is 6.56. The molecule has 22 heavy (non-hydrogen) atoms. The van der Waals surface area contributed by atoms with Crippen molar-refractivity contribution in [3.63, 3.8) is 0 Å². The van der Waals surface area contributed by atoms with Gasteiger partial charge in [0.2, 0.25) is 0 Å². The third-order valence-electron chi connectivity index (χ3n) is 3.29. The van der Waals surface area contributed by atoms with Gasteiger partial charge in [-0.05, 0) is 18.6 Å². The topological polar surface area (TPSA) is 65.0 Å². The fraction of sp³-hybridized carbons (Fsp3) is 0.200. The maximum absolute atomic E-state index is 12.2. The second-order valence-corrected chi connectivity index (χ2v) is 6.62. The highest BCUT2D eigenvalue weighted by atomic mass is 32.2. The largest absolute Gasteiger partial charge is 0.465 e. The molecular weight excluding hydrogens is 318 g/mol. The number of pyridine rings is 1. The van der Waals surface area contributed by atoms with Gasteiger partial charge in [-0.3, -0.25) is 4.98 Å². The number of carbonyl (C=O) groups is 1. The lowest BCUT2D eigenvalue weighted by Crippen LogP contribution is -2.10. The lowest BCUT2D eigenvalue weighted by Gasteiger charge is -2.12. The predicted octanol–water partition coefficient (Wildman–Crippen LogP) is 3.47. The van der Waals surface area contributed by atoms with Gasteiger partial charge in [0.1, 0.15) is 5.51 Å². The molecule has 2 aromatic heterocycles. The van der Waals surface area contributed by atoms with Crippen LogP contribution in [0.5, 0.6) is 0 Å². The molecule has 2 heterocycles. The van der Waals surface area contributed by atoms with Gasteiger partial charge in [0.15, 0.2) is 4.34 Å². The van der Waals surface area contributed by atoms with Crippen molar-refractivity contribution < 1.29 is 9.53 Å². The summed E-state index contributed by atoms with van der Waals surface area (Å²) in [6.07, 6.45) is 0. The van der Waals surface area contributed by atoms with Crippen LogP contribution in [0.1, 0.15) is 21.6 Å². The molecule has 0 saturated carbocycles. The van der Waals surface area contributed by atoms with Crippen LogP contribution in [0.25, 0.3) is 10.9 Å². The summed E-state index contributed by atoms with van der Waals surface area (Å²) in [5, 5.41) is 8.77. The molecule has 0 spiro atoms. The summed E-state index contributed by atoms with van der Waals surface area (Å²) in [5.41, 5.74) is 4.70. The number of fused-ring (bicyclic) bond motifs is 1. The lowest BCUT2D eigenvalue weighted by molar-refractivity contribution is 0.0598. The number of aryl methyl sites for hydroxylation is 1. The van der Waals surface area contributed by atoms with Crippen LogP contribution >= 0.6 is 23.1 Å². The van der Waals surface area contributed by atoms with Gasteiger partial charge in [0, 0.05) is 11.1 Å². The fourth-order valence-electron chi connectivity index (χ4n) is 2.27. The Balaban J connectivity index is 2.07. The summed E-state index contributed by atoms with van der Waals surface area (Å²) in [6, 6.07) is 7.79. The van der Waals surface area contributed by atoms with Crippen LogP contribution in [0.2, 0.25) is 0 Å². The second kappa shape index (κ2) is 6.41. The molecule has 0 radical (unpaired) electrons. The Hall–Kier alpha value is -1.99. The first-order chi connectivity index (χ1) is 10.7. The van der Waals surface area contributed by atoms with Gasteiger partial charge in [-0.15, -0.1) is 10.2 Å². The molecule has 0 aliphatic rings. The van der Waals surface area contributed by atoms with Crippen molar-refractivity contribution in [3.05, 3.63) is 46.6 Å². The minimum atomic E-state index is -0.358. The third kappa shape index (κ3) is 2.82. The Morgan fingerprint density at radius 3 is 2.91 bits per heavy atom. The normalized spacial score (nSPS) is 10.8. The smallest absolute Gasteiger partial charge is 0.340 e. The average Bonchev–Trinajstić information content (AvgIpc) is 3.06. The monoisotopic (exact) mass is 331 g/mol. The number of esters is 1. The van der Waals surface area contributed by atoms with E-state index in [-0.39, 0.29) is 5.97 Å². The number of methoxy groups -OCH3 is 1. The van der Waals surface area contributed by atoms with Gasteiger partial charge >= 0.3 is 5.97 Å². The molecule has 0 aliphatic carbocycles. The van der Waals surface area contributed by atoms with Crippen LogP contribution < -0.4 is 0 Å². The molecule has 0 fully saturated rings. The van der Waals surface area contributed by atoms with E-state index in [0.717, 1.165) is 20.8 Å². The third-order valence-corrected chi connectivity index (χ3v) is 5.16. The van der Waals surface area contributed by atoms with Crippen molar-refractivity contribution in [2.24, 2.45) is 0 Å². The number of hydrogen-bond donors (Lipinski definition) is 0. The summed E-state index contributed by atoms with van der Waals surface area (Å²) in [7, 11) is 1.39. The summed E-state index contributed by atoms with van der Waals surface area (Å²) < 4.78 is 5.78. The highest BCUT2D eigenvalue weighted by Gasteiger charge is 2.19. The summed E-state index contributed by atoms with van der Waals surface area (Å²) in [6.45, 7) is 1.93. The van der Waals surface area contributed by atoms with Crippen molar-refractivity contribution in [2.75, 3.05) is 7.11 Å². The molecular formula is C15H13N3O2S2. The highest BCUT2D eigenvalue weighted by Crippen LogP contribution is 2.29. The first kappa shape index (κ1) is 14.9. The Bertz CT molecular complexity index is 819. The number of benzene rings is 1. The Kier molecular flexibility index (Phi) is 4.35. The number of nitrogens with zero attached hydrogens (tertiary/aromatic N) is 3. The number of aromatic nitrogens is 3. The van der Waals surface area contributed by atoms with E-state index in [1.165, 1.54) is 30.2 Å². The number of para-hydroxylation sites is 1. The number of carbonyl (C=O) groups excluding carboxylic acids is 1. The van der Waals surface area contributed by atoms with Crippen LogP contribution in [0.15, 0.2) is 34.1 Å². The zero-order valence-corrected chi connectivity index (χ0v) is 13.7. The Morgan fingerprint density at radius 1 is 1.36 bits per heavy atom. The standard InChI is InChI=1S/C15H13N3O2S2/c1-9-10-5-3-4-6-11(10)17-12(13(9)14(19)20-2)7-21-15-18-16-8-22-15/h3-6,8H,7H2,1-2H3. The minimum absolute atomic E-state index is 0.358. The Labute approximate surface area is 135 Å². The molecule has 0 N–H and O–H groups in total. The van der Waals surface area contributed by atoms with Crippen LogP contribution in [0.3, 0.4) is 0 Å². The minimum Gasteiger partial charge on any atom is -0.465 e. The molecule has 7 heteroatoms. The second-order valence-electron chi connectivity index (χ2n) is 4.56. The van der Waals surface area contributed by atoms with Crippen LogP contribution in [-0.2, 0) is 10.5 Å². The predicted molar refractivity (Wildman–Crippen MR) is 87.3 cm³/mol. The van der Waals surface area contributed by atoms with E-state index in [4.69, 9.17) is 4.74 Å². The van der Waals surface area contributed by atoms with Gasteiger partial charge in [0.25, 0.3) is 0 Å². The molecule has 3 aromatic rings. The molecule has 0 amide bonds. The number of thioether (sulfide) groups is 1. The zero-order chi connectivity index (χ0) is 15.5. The number of ether oxygens (including phenoxy) is 1. The summed E-state index contributed by atoms with van der Waals surface area (Å²) in [5.74, 6) is 0.189. The van der Waals surface area contributed by atoms with Crippen molar-refractivity contribution in [2.45, 2.75) is 17.0 Å². The molecule has 0 bridgehead atoms. The van der Waals surface area contributed by atoms with Crippen molar-refractivity contribution in [1.29, 1.82) is 0 Å². The van der Waals surface area contributed by atoms with E-state index >= 15 is 0 Å². The fourth-order valence-corrected chi connectivity index (χ4v) is 3.70. The van der Waals surface area contributed by atoms with E-state index in [0.29, 0.717) is 17.0 Å². The van der Waals surface area contributed by atoms with E-state index in [1.54, 1.807) is 5.51 Å². The Morgan fingerprint density at radius 2 is 2.18 bits per heavy atom. The molecule has 1 aromatic carbocycles. The van der Waals surface area contributed by atoms with Gasteiger partial charge in [-0.25, -0.2) is 4.79 Å². The van der Waals surface area contributed by atoms with Crippen molar-refractivity contribution in [1.82, 2.24) is 15.2 Å². The molecule has 5 nitrogen and oxygen atoms in total. The molecule has 0 atom stereocenters. The maximum atomic E-state index is 12.2. The van der Waals surface area contributed by atoms with Crippen LogP contribution in [0.4, 0.5) is 0 Å².